The Morgan fingerprint density at radius 3 is 2.57 bits per heavy atom. The molecule has 3 rings (SSSR count). The number of carbonyl (C=O) groups is 1. The molecule has 0 aliphatic rings. The zero-order valence-corrected chi connectivity index (χ0v) is 13.2. The van der Waals surface area contributed by atoms with Crippen LogP contribution < -0.4 is 5.32 Å². The van der Waals surface area contributed by atoms with Crippen molar-refractivity contribution in [2.75, 3.05) is 5.32 Å². The second-order valence-electron chi connectivity index (χ2n) is 4.81. The number of oxazole rings is 1. The molecule has 0 spiro atoms. The number of fused-ring (bicyclic) bond motifs is 1. The number of anilines is 1. The summed E-state index contributed by atoms with van der Waals surface area (Å²) in [6.07, 6.45) is 0. The van der Waals surface area contributed by atoms with Crippen molar-refractivity contribution in [1.29, 1.82) is 0 Å². The van der Waals surface area contributed by atoms with Crippen LogP contribution in [0.15, 0.2) is 45.3 Å². The molecule has 0 aliphatic carbocycles. The number of nitrogens with one attached hydrogen (secondary N) is 1. The summed E-state index contributed by atoms with van der Waals surface area (Å²) in [5.74, 6) is 0.453. The lowest BCUT2D eigenvalue weighted by atomic mass is 10.1. The van der Waals surface area contributed by atoms with Crippen LogP contribution >= 0.6 is 15.9 Å². The average Bonchev–Trinajstić information content (AvgIpc) is 2.78. The molecule has 3 aromatic rings. The van der Waals surface area contributed by atoms with E-state index >= 15 is 0 Å². The van der Waals surface area contributed by atoms with Crippen molar-refractivity contribution >= 4 is 38.3 Å². The highest BCUT2D eigenvalue weighted by atomic mass is 79.9. The minimum Gasteiger partial charge on any atom is -0.436 e. The van der Waals surface area contributed by atoms with Crippen LogP contribution in [0.5, 0.6) is 0 Å². The summed E-state index contributed by atoms with van der Waals surface area (Å²) in [5, 5.41) is 5.00. The number of aryl methyl sites for hydroxylation is 2. The third-order valence-corrected chi connectivity index (χ3v) is 3.66. The van der Waals surface area contributed by atoms with Gasteiger partial charge < -0.3 is 9.73 Å². The first-order valence-corrected chi connectivity index (χ1v) is 7.27. The van der Waals surface area contributed by atoms with E-state index in [9.17, 15) is 4.79 Å². The molecule has 0 atom stereocenters. The predicted octanol–water partition coefficient (Wildman–Crippen LogP) is 4.46. The topological polar surface area (TPSA) is 55.1 Å². The fraction of sp³-hybridized carbons (Fsp3) is 0.125. The Morgan fingerprint density at radius 1 is 1.14 bits per heavy atom. The van der Waals surface area contributed by atoms with E-state index in [4.69, 9.17) is 4.42 Å². The van der Waals surface area contributed by atoms with Gasteiger partial charge in [-0.3, -0.25) is 4.79 Å². The standard InChI is InChI=1S/C16H13BrN2O2/c1-9-15(21-10(2)18-9)16(20)19-14-6-4-11-7-13(17)5-3-12(11)8-14/h3-8H,1-2H3,(H,19,20). The van der Waals surface area contributed by atoms with Crippen LogP contribution in [0.4, 0.5) is 5.69 Å². The lowest BCUT2D eigenvalue weighted by Gasteiger charge is -2.06. The molecule has 0 unspecified atom stereocenters. The van der Waals surface area contributed by atoms with E-state index in [1.807, 2.05) is 36.4 Å². The second kappa shape index (κ2) is 5.33. The third-order valence-electron chi connectivity index (χ3n) is 3.17. The molecular formula is C16H13BrN2O2. The summed E-state index contributed by atoms with van der Waals surface area (Å²) in [5.41, 5.74) is 1.32. The smallest absolute Gasteiger partial charge is 0.293 e. The number of aromatic nitrogens is 1. The first-order chi connectivity index (χ1) is 10.0. The van der Waals surface area contributed by atoms with Gasteiger partial charge in [-0.2, -0.15) is 0 Å². The minimum absolute atomic E-state index is 0.253. The Hall–Kier alpha value is -2.14. The van der Waals surface area contributed by atoms with Gasteiger partial charge >= 0.3 is 0 Å². The van der Waals surface area contributed by atoms with Gasteiger partial charge in [-0.15, -0.1) is 0 Å². The third kappa shape index (κ3) is 2.83. The maximum Gasteiger partial charge on any atom is 0.293 e. The van der Waals surface area contributed by atoms with E-state index in [0.29, 0.717) is 11.6 Å². The molecule has 106 valence electrons. The number of hydrogen-bond acceptors (Lipinski definition) is 3. The van der Waals surface area contributed by atoms with Crippen molar-refractivity contribution in [2.24, 2.45) is 0 Å². The number of nitrogens with zero attached hydrogens (tertiary/aromatic N) is 1. The molecule has 0 fully saturated rings. The lowest BCUT2D eigenvalue weighted by molar-refractivity contribution is 0.0994. The second-order valence-corrected chi connectivity index (χ2v) is 5.72. The predicted molar refractivity (Wildman–Crippen MR) is 85.6 cm³/mol. The Bertz CT molecular complexity index is 839. The van der Waals surface area contributed by atoms with E-state index in [2.05, 4.69) is 26.2 Å². The van der Waals surface area contributed by atoms with Gasteiger partial charge in [0, 0.05) is 17.1 Å². The van der Waals surface area contributed by atoms with Crippen molar-refractivity contribution in [3.63, 3.8) is 0 Å². The van der Waals surface area contributed by atoms with E-state index in [1.54, 1.807) is 13.8 Å². The highest BCUT2D eigenvalue weighted by molar-refractivity contribution is 9.10. The van der Waals surface area contributed by atoms with Gasteiger partial charge in [0.25, 0.3) is 5.91 Å². The van der Waals surface area contributed by atoms with Crippen molar-refractivity contribution in [1.82, 2.24) is 4.98 Å². The van der Waals surface area contributed by atoms with Crippen LogP contribution in [0.3, 0.4) is 0 Å². The van der Waals surface area contributed by atoms with Gasteiger partial charge in [-0.1, -0.05) is 28.1 Å². The summed E-state index contributed by atoms with van der Waals surface area (Å²) in [6.45, 7) is 3.47. The molecular weight excluding hydrogens is 332 g/mol. The molecule has 1 amide bonds. The first kappa shape index (κ1) is 13.8. The van der Waals surface area contributed by atoms with E-state index in [-0.39, 0.29) is 11.7 Å². The SMILES string of the molecule is Cc1nc(C)c(C(=O)Nc2ccc3cc(Br)ccc3c2)o1. The number of carbonyl (C=O) groups excluding carboxylic acids is 1. The normalized spacial score (nSPS) is 10.8. The molecule has 1 N–H and O–H groups in total. The molecule has 5 heteroatoms. The van der Waals surface area contributed by atoms with Gasteiger partial charge in [0.2, 0.25) is 5.76 Å². The average molecular weight is 345 g/mol. The van der Waals surface area contributed by atoms with Crippen LogP contribution in [-0.4, -0.2) is 10.9 Å². The number of amides is 1. The van der Waals surface area contributed by atoms with Crippen LogP contribution in [0.25, 0.3) is 10.8 Å². The largest absolute Gasteiger partial charge is 0.436 e. The summed E-state index contributed by atoms with van der Waals surface area (Å²) < 4.78 is 6.35. The highest BCUT2D eigenvalue weighted by Crippen LogP contribution is 2.23. The fourth-order valence-corrected chi connectivity index (χ4v) is 2.60. The maximum absolute atomic E-state index is 12.2. The van der Waals surface area contributed by atoms with Crippen molar-refractivity contribution in [2.45, 2.75) is 13.8 Å². The number of rotatable bonds is 2. The van der Waals surface area contributed by atoms with Gasteiger partial charge in [0.05, 0.1) is 5.69 Å². The molecule has 21 heavy (non-hydrogen) atoms. The fourth-order valence-electron chi connectivity index (χ4n) is 2.22. The summed E-state index contributed by atoms with van der Waals surface area (Å²) in [6, 6.07) is 11.8. The highest BCUT2D eigenvalue weighted by Gasteiger charge is 2.16. The van der Waals surface area contributed by atoms with Gasteiger partial charge in [-0.05, 0) is 42.0 Å². The maximum atomic E-state index is 12.2. The zero-order chi connectivity index (χ0) is 15.0. The molecule has 0 saturated heterocycles. The quantitative estimate of drug-likeness (QED) is 0.746. The van der Waals surface area contributed by atoms with Crippen LogP contribution in [0.2, 0.25) is 0 Å². The monoisotopic (exact) mass is 344 g/mol. The number of halogens is 1. The Balaban J connectivity index is 1.89. The molecule has 0 aliphatic heterocycles. The van der Waals surface area contributed by atoms with Gasteiger partial charge in [0.1, 0.15) is 0 Å². The summed E-state index contributed by atoms with van der Waals surface area (Å²) >= 11 is 3.44. The van der Waals surface area contributed by atoms with Crippen molar-refractivity contribution in [3.8, 4) is 0 Å². The zero-order valence-electron chi connectivity index (χ0n) is 11.6. The van der Waals surface area contributed by atoms with Gasteiger partial charge in [0.15, 0.2) is 5.89 Å². The van der Waals surface area contributed by atoms with Crippen molar-refractivity contribution in [3.05, 3.63) is 58.2 Å². The molecule has 2 aromatic carbocycles. The summed E-state index contributed by atoms with van der Waals surface area (Å²) in [4.78, 5) is 16.3. The number of benzene rings is 2. The van der Waals surface area contributed by atoms with E-state index < -0.39 is 0 Å². The molecule has 0 saturated carbocycles. The van der Waals surface area contributed by atoms with Crippen LogP contribution in [0.1, 0.15) is 22.1 Å². The Kier molecular flexibility index (Phi) is 3.51. The molecule has 1 heterocycles. The van der Waals surface area contributed by atoms with Crippen LogP contribution in [0, 0.1) is 13.8 Å². The first-order valence-electron chi connectivity index (χ1n) is 6.47. The van der Waals surface area contributed by atoms with E-state index in [1.165, 1.54) is 0 Å². The molecule has 4 nitrogen and oxygen atoms in total. The van der Waals surface area contributed by atoms with Crippen LogP contribution in [-0.2, 0) is 0 Å². The number of hydrogen-bond donors (Lipinski definition) is 1. The summed E-state index contributed by atoms with van der Waals surface area (Å²) in [7, 11) is 0. The Morgan fingerprint density at radius 2 is 1.86 bits per heavy atom. The van der Waals surface area contributed by atoms with Gasteiger partial charge in [-0.25, -0.2) is 4.98 Å². The minimum atomic E-state index is -0.287. The molecule has 0 radical (unpaired) electrons. The molecule has 1 aromatic heterocycles. The van der Waals surface area contributed by atoms with E-state index in [0.717, 1.165) is 20.9 Å². The lowest BCUT2D eigenvalue weighted by Crippen LogP contribution is -2.12. The Labute approximate surface area is 130 Å². The van der Waals surface area contributed by atoms with Crippen molar-refractivity contribution < 1.29 is 9.21 Å². The molecule has 0 bridgehead atoms.